The Hall–Kier alpha value is -1.72. The highest BCUT2D eigenvalue weighted by Gasteiger charge is 2.02. The normalized spacial score (nSPS) is 10.4. The monoisotopic (exact) mass is 276 g/mol. The fourth-order valence-corrected chi connectivity index (χ4v) is 2.11. The molecular weight excluding hydrogens is 260 g/mol. The molecule has 0 bridgehead atoms. The molecule has 1 aromatic heterocycles. The zero-order valence-electron chi connectivity index (χ0n) is 11.0. The molecule has 1 N–H and O–H groups in total. The Bertz CT molecular complexity index is 610. The molecule has 2 rings (SSSR count). The Balaban J connectivity index is 2.24. The van der Waals surface area contributed by atoms with Crippen molar-refractivity contribution < 1.29 is 9.47 Å². The highest BCUT2D eigenvalue weighted by atomic mass is 32.1. The lowest BCUT2D eigenvalue weighted by Gasteiger charge is -2.06. The van der Waals surface area contributed by atoms with Crippen molar-refractivity contribution in [2.75, 3.05) is 14.2 Å². The molecule has 19 heavy (non-hydrogen) atoms. The van der Waals surface area contributed by atoms with E-state index in [1.807, 2.05) is 30.3 Å². The van der Waals surface area contributed by atoms with E-state index in [4.69, 9.17) is 21.7 Å². The second kappa shape index (κ2) is 6.45. The van der Waals surface area contributed by atoms with Crippen LogP contribution in [0.2, 0.25) is 0 Å². The maximum absolute atomic E-state index is 5.21. The van der Waals surface area contributed by atoms with Gasteiger partial charge < -0.3 is 14.5 Å². The van der Waals surface area contributed by atoms with Gasteiger partial charge in [-0.2, -0.15) is 0 Å². The number of methoxy groups -OCH3 is 2. The summed E-state index contributed by atoms with van der Waals surface area (Å²) in [5.74, 6) is 1.66. The minimum Gasteiger partial charge on any atom is -0.497 e. The van der Waals surface area contributed by atoms with Crippen LogP contribution in [0, 0.1) is 4.64 Å². The number of hydrogen-bond donors (Lipinski definition) is 1. The van der Waals surface area contributed by atoms with Crippen molar-refractivity contribution in [1.82, 2.24) is 9.97 Å². The molecule has 4 nitrogen and oxygen atoms in total. The Labute approximate surface area is 117 Å². The lowest BCUT2D eigenvalue weighted by molar-refractivity contribution is 0.181. The fraction of sp³-hybridized carbons (Fsp3) is 0.286. The fourth-order valence-electron chi connectivity index (χ4n) is 1.86. The molecule has 2 aromatic rings. The average Bonchev–Trinajstić information content (AvgIpc) is 2.38. The van der Waals surface area contributed by atoms with Crippen molar-refractivity contribution in [2.45, 2.75) is 13.0 Å². The van der Waals surface area contributed by atoms with Crippen molar-refractivity contribution in [1.29, 1.82) is 0 Å². The third kappa shape index (κ3) is 3.87. The summed E-state index contributed by atoms with van der Waals surface area (Å²) in [6.45, 7) is 0.497. The highest BCUT2D eigenvalue weighted by molar-refractivity contribution is 7.71. The number of nitrogens with one attached hydrogen (secondary N) is 1. The van der Waals surface area contributed by atoms with Crippen LogP contribution in [0.5, 0.6) is 5.75 Å². The van der Waals surface area contributed by atoms with Gasteiger partial charge in [0.05, 0.1) is 13.7 Å². The summed E-state index contributed by atoms with van der Waals surface area (Å²) < 4.78 is 10.9. The van der Waals surface area contributed by atoms with E-state index in [-0.39, 0.29) is 0 Å². The van der Waals surface area contributed by atoms with E-state index in [1.54, 1.807) is 14.2 Å². The van der Waals surface area contributed by atoms with Crippen LogP contribution >= 0.6 is 12.2 Å². The number of hydrogen-bond acceptors (Lipinski definition) is 4. The van der Waals surface area contributed by atoms with Gasteiger partial charge in [0.15, 0.2) is 0 Å². The topological polar surface area (TPSA) is 47.1 Å². The Morgan fingerprint density at radius 3 is 2.84 bits per heavy atom. The van der Waals surface area contributed by atoms with Gasteiger partial charge in [-0.3, -0.25) is 0 Å². The van der Waals surface area contributed by atoms with Crippen LogP contribution < -0.4 is 4.74 Å². The second-order valence-electron chi connectivity index (χ2n) is 4.15. The quantitative estimate of drug-likeness (QED) is 0.853. The smallest absolute Gasteiger partial charge is 0.130 e. The average molecular weight is 276 g/mol. The van der Waals surface area contributed by atoms with Crippen molar-refractivity contribution in [3.8, 4) is 5.75 Å². The van der Waals surface area contributed by atoms with Crippen LogP contribution in [0.4, 0.5) is 0 Å². The lowest BCUT2D eigenvalue weighted by Crippen LogP contribution is -2.02. The molecule has 1 heterocycles. The molecule has 1 aromatic carbocycles. The second-order valence-corrected chi connectivity index (χ2v) is 4.57. The van der Waals surface area contributed by atoms with Crippen molar-refractivity contribution >= 4 is 12.2 Å². The van der Waals surface area contributed by atoms with Crippen LogP contribution in [0.1, 0.15) is 17.1 Å². The summed E-state index contributed by atoms with van der Waals surface area (Å²) >= 11 is 5.15. The first kappa shape index (κ1) is 13.7. The van der Waals surface area contributed by atoms with E-state index >= 15 is 0 Å². The van der Waals surface area contributed by atoms with Gasteiger partial charge in [0.2, 0.25) is 0 Å². The van der Waals surface area contributed by atoms with Gasteiger partial charge in [0, 0.05) is 19.2 Å². The van der Waals surface area contributed by atoms with Crippen LogP contribution in [0.15, 0.2) is 30.3 Å². The maximum atomic E-state index is 5.21. The third-order valence-corrected chi connectivity index (χ3v) is 2.86. The van der Waals surface area contributed by atoms with Crippen LogP contribution in [0.3, 0.4) is 0 Å². The molecule has 0 unspecified atom stereocenters. The van der Waals surface area contributed by atoms with E-state index < -0.39 is 0 Å². The molecule has 5 heteroatoms. The van der Waals surface area contributed by atoms with E-state index in [1.165, 1.54) is 0 Å². The molecule has 0 aliphatic rings. The molecule has 0 radical (unpaired) electrons. The van der Waals surface area contributed by atoms with Gasteiger partial charge in [-0.15, -0.1) is 0 Å². The molecule has 0 spiro atoms. The number of rotatable bonds is 5. The standard InChI is InChI=1S/C14H16N2O2S/c1-17-9-11-8-14(19)16-13(15-11)7-10-4-3-5-12(6-10)18-2/h3-6,8H,7,9H2,1-2H3,(H,15,16,19). The minimum atomic E-state index is 0.497. The van der Waals surface area contributed by atoms with Gasteiger partial charge in [-0.1, -0.05) is 24.4 Å². The number of H-pyrrole nitrogens is 1. The Morgan fingerprint density at radius 2 is 2.11 bits per heavy atom. The van der Waals surface area contributed by atoms with Gasteiger partial charge in [0.25, 0.3) is 0 Å². The van der Waals surface area contributed by atoms with E-state index in [0.29, 0.717) is 17.7 Å². The molecule has 0 saturated carbocycles. The Morgan fingerprint density at radius 1 is 1.26 bits per heavy atom. The number of benzene rings is 1. The van der Waals surface area contributed by atoms with Crippen molar-refractivity contribution in [3.05, 3.63) is 52.1 Å². The van der Waals surface area contributed by atoms with Gasteiger partial charge in [-0.25, -0.2) is 4.98 Å². The summed E-state index contributed by atoms with van der Waals surface area (Å²) in [4.78, 5) is 7.56. The number of nitrogens with zero attached hydrogens (tertiary/aromatic N) is 1. The molecule has 0 atom stereocenters. The van der Waals surface area contributed by atoms with Crippen molar-refractivity contribution in [3.63, 3.8) is 0 Å². The zero-order chi connectivity index (χ0) is 13.7. The van der Waals surface area contributed by atoms with E-state index in [9.17, 15) is 0 Å². The van der Waals surface area contributed by atoms with Gasteiger partial charge in [0.1, 0.15) is 16.2 Å². The molecule has 0 saturated heterocycles. The first-order valence-electron chi connectivity index (χ1n) is 5.92. The number of ether oxygens (including phenoxy) is 2. The molecule has 0 amide bonds. The number of aromatic amines is 1. The van der Waals surface area contributed by atoms with E-state index in [0.717, 1.165) is 22.8 Å². The molecule has 0 fully saturated rings. The first-order chi connectivity index (χ1) is 9.21. The van der Waals surface area contributed by atoms with Crippen molar-refractivity contribution in [2.24, 2.45) is 0 Å². The highest BCUT2D eigenvalue weighted by Crippen LogP contribution is 2.15. The largest absolute Gasteiger partial charge is 0.497 e. The molecule has 0 aliphatic carbocycles. The summed E-state index contributed by atoms with van der Waals surface area (Å²) in [7, 11) is 3.31. The summed E-state index contributed by atoms with van der Waals surface area (Å²) in [6.07, 6.45) is 0.679. The van der Waals surface area contributed by atoms with Crippen LogP contribution in [-0.4, -0.2) is 24.2 Å². The maximum Gasteiger partial charge on any atom is 0.130 e. The summed E-state index contributed by atoms with van der Waals surface area (Å²) in [6, 6.07) is 9.71. The predicted octanol–water partition coefficient (Wildman–Crippen LogP) is 2.88. The SMILES string of the molecule is COCc1cc(=S)nc(Cc2cccc(OC)c2)[nH]1. The predicted molar refractivity (Wildman–Crippen MR) is 75.9 cm³/mol. The zero-order valence-corrected chi connectivity index (χ0v) is 11.8. The first-order valence-corrected chi connectivity index (χ1v) is 6.33. The Kier molecular flexibility index (Phi) is 4.65. The minimum absolute atomic E-state index is 0.497. The molecular formula is C14H16N2O2S. The van der Waals surface area contributed by atoms with Crippen LogP contribution in [0.25, 0.3) is 0 Å². The molecule has 100 valence electrons. The lowest BCUT2D eigenvalue weighted by atomic mass is 10.1. The third-order valence-electron chi connectivity index (χ3n) is 2.65. The molecule has 0 aliphatic heterocycles. The van der Waals surface area contributed by atoms with Crippen LogP contribution in [-0.2, 0) is 17.8 Å². The summed E-state index contributed by atoms with van der Waals surface area (Å²) in [5, 5.41) is 0. The van der Waals surface area contributed by atoms with Gasteiger partial charge >= 0.3 is 0 Å². The summed E-state index contributed by atoms with van der Waals surface area (Å²) in [5.41, 5.74) is 2.05. The van der Waals surface area contributed by atoms with E-state index in [2.05, 4.69) is 9.97 Å². The van der Waals surface area contributed by atoms with Gasteiger partial charge in [-0.05, 0) is 23.8 Å². The number of aromatic nitrogens is 2.